The molecule has 0 aromatic heterocycles. The van der Waals surface area contributed by atoms with Gasteiger partial charge >= 0.3 is 0 Å². The Morgan fingerprint density at radius 2 is 1.95 bits per heavy atom. The normalized spacial score (nSPS) is 10.2. The van der Waals surface area contributed by atoms with E-state index in [-0.39, 0.29) is 24.7 Å². The second kappa shape index (κ2) is 6.88. The number of rotatable bonds is 5. The molecule has 0 aliphatic carbocycles. The van der Waals surface area contributed by atoms with Crippen molar-refractivity contribution < 1.29 is 13.9 Å². The molecule has 0 radical (unpaired) electrons. The summed E-state index contributed by atoms with van der Waals surface area (Å²) < 4.78 is 18.6. The summed E-state index contributed by atoms with van der Waals surface area (Å²) in [4.78, 5) is 11.9. The van der Waals surface area contributed by atoms with Gasteiger partial charge in [-0.15, -0.1) is 0 Å². The van der Waals surface area contributed by atoms with Crippen LogP contribution in [0.1, 0.15) is 17.5 Å². The van der Waals surface area contributed by atoms with Crippen molar-refractivity contribution in [2.24, 2.45) is 0 Å². The Kier molecular flexibility index (Phi) is 4.93. The lowest BCUT2D eigenvalue weighted by Gasteiger charge is -2.10. The topological polar surface area (TPSA) is 38.3 Å². The third kappa shape index (κ3) is 4.31. The van der Waals surface area contributed by atoms with Crippen LogP contribution in [0, 0.1) is 19.7 Å². The minimum atomic E-state index is -0.424. The largest absolute Gasteiger partial charge is 0.490 e. The van der Waals surface area contributed by atoms with Crippen molar-refractivity contribution in [3.63, 3.8) is 0 Å². The summed E-state index contributed by atoms with van der Waals surface area (Å²) in [6.45, 7) is 4.04. The first kappa shape index (κ1) is 15.0. The Balaban J connectivity index is 1.85. The fraction of sp³-hybridized carbons (Fsp3) is 0.235. The molecule has 0 aliphatic rings. The Hall–Kier alpha value is -2.36. The molecule has 21 heavy (non-hydrogen) atoms. The quantitative estimate of drug-likeness (QED) is 0.907. The van der Waals surface area contributed by atoms with Gasteiger partial charge < -0.3 is 10.1 Å². The van der Waals surface area contributed by atoms with Crippen LogP contribution < -0.4 is 10.1 Å². The minimum absolute atomic E-state index is 0.137. The van der Waals surface area contributed by atoms with Crippen LogP contribution in [0.4, 0.5) is 10.1 Å². The van der Waals surface area contributed by atoms with Crippen LogP contribution >= 0.6 is 0 Å². The zero-order chi connectivity index (χ0) is 15.2. The van der Waals surface area contributed by atoms with Gasteiger partial charge in [0.05, 0.1) is 13.0 Å². The van der Waals surface area contributed by atoms with E-state index >= 15 is 0 Å². The number of anilines is 1. The van der Waals surface area contributed by atoms with E-state index < -0.39 is 5.82 Å². The molecular weight excluding hydrogens is 269 g/mol. The number of nitrogens with one attached hydrogen (secondary N) is 1. The monoisotopic (exact) mass is 287 g/mol. The number of carbonyl (C=O) groups excluding carboxylic acids is 1. The van der Waals surface area contributed by atoms with Gasteiger partial charge in [0.1, 0.15) is 0 Å². The van der Waals surface area contributed by atoms with E-state index in [1.54, 1.807) is 12.1 Å². The SMILES string of the molecule is Cc1ccc(C)c(NC(=O)CCOc2ccccc2F)c1. The van der Waals surface area contributed by atoms with Crippen LogP contribution in [0.15, 0.2) is 42.5 Å². The molecular formula is C17H18FNO2. The van der Waals surface area contributed by atoms with Crippen LogP contribution in [0.2, 0.25) is 0 Å². The van der Waals surface area contributed by atoms with Crippen molar-refractivity contribution in [2.75, 3.05) is 11.9 Å². The van der Waals surface area contributed by atoms with E-state index in [4.69, 9.17) is 4.74 Å². The van der Waals surface area contributed by atoms with Crippen molar-refractivity contribution in [1.29, 1.82) is 0 Å². The van der Waals surface area contributed by atoms with Gasteiger partial charge in [0.25, 0.3) is 0 Å². The molecule has 0 saturated carbocycles. The maximum absolute atomic E-state index is 13.3. The molecule has 1 amide bonds. The Morgan fingerprint density at radius 1 is 1.19 bits per heavy atom. The summed E-state index contributed by atoms with van der Waals surface area (Å²) in [6.07, 6.45) is 0.168. The molecule has 4 heteroatoms. The Morgan fingerprint density at radius 3 is 2.71 bits per heavy atom. The number of aryl methyl sites for hydroxylation is 2. The maximum atomic E-state index is 13.3. The number of hydrogen-bond donors (Lipinski definition) is 1. The summed E-state index contributed by atoms with van der Waals surface area (Å²) in [5.74, 6) is -0.412. The van der Waals surface area contributed by atoms with Crippen molar-refractivity contribution in [3.8, 4) is 5.75 Å². The zero-order valence-corrected chi connectivity index (χ0v) is 12.2. The maximum Gasteiger partial charge on any atom is 0.227 e. The molecule has 2 rings (SSSR count). The molecule has 3 nitrogen and oxygen atoms in total. The van der Waals surface area contributed by atoms with E-state index in [1.165, 1.54) is 12.1 Å². The van der Waals surface area contributed by atoms with Crippen molar-refractivity contribution in [1.82, 2.24) is 0 Å². The molecule has 0 fully saturated rings. The molecule has 2 aromatic rings. The molecule has 2 aromatic carbocycles. The number of para-hydroxylation sites is 1. The van der Waals surface area contributed by atoms with E-state index in [2.05, 4.69) is 5.32 Å². The van der Waals surface area contributed by atoms with Crippen molar-refractivity contribution in [3.05, 3.63) is 59.4 Å². The van der Waals surface area contributed by atoms with Gasteiger partial charge in [-0.25, -0.2) is 4.39 Å². The minimum Gasteiger partial charge on any atom is -0.490 e. The molecule has 110 valence electrons. The van der Waals surface area contributed by atoms with Gasteiger partial charge in [-0.3, -0.25) is 4.79 Å². The predicted molar refractivity (Wildman–Crippen MR) is 81.1 cm³/mol. The molecule has 0 aliphatic heterocycles. The number of hydrogen-bond acceptors (Lipinski definition) is 2. The first-order valence-electron chi connectivity index (χ1n) is 6.80. The smallest absolute Gasteiger partial charge is 0.227 e. The molecule has 1 N–H and O–H groups in total. The van der Waals surface area contributed by atoms with E-state index in [0.29, 0.717) is 0 Å². The number of amides is 1. The second-order valence-electron chi connectivity index (χ2n) is 4.90. The zero-order valence-electron chi connectivity index (χ0n) is 12.2. The van der Waals surface area contributed by atoms with Gasteiger partial charge in [-0.2, -0.15) is 0 Å². The summed E-state index contributed by atoms with van der Waals surface area (Å²) in [5.41, 5.74) is 2.88. The first-order chi connectivity index (χ1) is 10.1. The van der Waals surface area contributed by atoms with Crippen LogP contribution in [-0.2, 0) is 4.79 Å². The molecule has 0 heterocycles. The number of benzene rings is 2. The summed E-state index contributed by atoms with van der Waals surface area (Å²) in [7, 11) is 0. The highest BCUT2D eigenvalue weighted by atomic mass is 19.1. The third-order valence-electron chi connectivity index (χ3n) is 3.09. The van der Waals surface area contributed by atoms with E-state index in [1.807, 2.05) is 32.0 Å². The summed E-state index contributed by atoms with van der Waals surface area (Å²) >= 11 is 0. The lowest BCUT2D eigenvalue weighted by Crippen LogP contribution is -2.16. The van der Waals surface area contributed by atoms with Gasteiger partial charge in [0.15, 0.2) is 11.6 Å². The average Bonchev–Trinajstić information content (AvgIpc) is 2.45. The Labute approximate surface area is 123 Å². The highest BCUT2D eigenvalue weighted by Gasteiger charge is 2.07. The van der Waals surface area contributed by atoms with E-state index in [0.717, 1.165) is 16.8 Å². The predicted octanol–water partition coefficient (Wildman–Crippen LogP) is 3.85. The fourth-order valence-corrected chi connectivity index (χ4v) is 1.90. The standard InChI is InChI=1S/C17H18FNO2/c1-12-7-8-13(2)15(11-12)19-17(20)9-10-21-16-6-4-3-5-14(16)18/h3-8,11H,9-10H2,1-2H3,(H,19,20). The second-order valence-corrected chi connectivity index (χ2v) is 4.90. The summed E-state index contributed by atoms with van der Waals surface area (Å²) in [6, 6.07) is 12.0. The van der Waals surface area contributed by atoms with Crippen LogP contribution in [0.25, 0.3) is 0 Å². The molecule has 0 spiro atoms. The fourth-order valence-electron chi connectivity index (χ4n) is 1.90. The number of carbonyl (C=O) groups is 1. The van der Waals surface area contributed by atoms with Gasteiger partial charge in [0.2, 0.25) is 5.91 Å². The van der Waals surface area contributed by atoms with Crippen molar-refractivity contribution in [2.45, 2.75) is 20.3 Å². The van der Waals surface area contributed by atoms with Gasteiger partial charge in [-0.05, 0) is 43.2 Å². The van der Waals surface area contributed by atoms with Crippen LogP contribution in [-0.4, -0.2) is 12.5 Å². The van der Waals surface area contributed by atoms with Crippen LogP contribution in [0.3, 0.4) is 0 Å². The average molecular weight is 287 g/mol. The highest BCUT2D eigenvalue weighted by molar-refractivity contribution is 5.91. The lowest BCUT2D eigenvalue weighted by molar-refractivity contribution is -0.116. The van der Waals surface area contributed by atoms with Crippen LogP contribution in [0.5, 0.6) is 5.75 Å². The lowest BCUT2D eigenvalue weighted by atomic mass is 10.1. The molecule has 0 unspecified atom stereocenters. The van der Waals surface area contributed by atoms with E-state index in [9.17, 15) is 9.18 Å². The number of halogens is 1. The van der Waals surface area contributed by atoms with Gasteiger partial charge in [-0.1, -0.05) is 24.3 Å². The highest BCUT2D eigenvalue weighted by Crippen LogP contribution is 2.17. The molecule has 0 bridgehead atoms. The Bertz CT molecular complexity index is 640. The third-order valence-corrected chi connectivity index (χ3v) is 3.09. The number of ether oxygens (including phenoxy) is 1. The molecule has 0 saturated heterocycles. The van der Waals surface area contributed by atoms with Crippen molar-refractivity contribution >= 4 is 11.6 Å². The first-order valence-corrected chi connectivity index (χ1v) is 6.80. The van der Waals surface area contributed by atoms with Gasteiger partial charge in [0, 0.05) is 5.69 Å². The molecule has 0 atom stereocenters. The summed E-state index contributed by atoms with van der Waals surface area (Å²) in [5, 5.41) is 2.84.